The van der Waals surface area contributed by atoms with Crippen LogP contribution in [0.2, 0.25) is 0 Å². The molecule has 32 heavy (non-hydrogen) atoms. The molecule has 1 N–H and O–H groups in total. The second-order valence-electron chi connectivity index (χ2n) is 7.88. The molecule has 0 bridgehead atoms. The van der Waals surface area contributed by atoms with Crippen molar-refractivity contribution in [2.24, 2.45) is 0 Å². The number of ether oxygens (including phenoxy) is 2. The first-order valence-corrected chi connectivity index (χ1v) is 10.7. The maximum atomic E-state index is 13.4. The van der Waals surface area contributed by atoms with Crippen molar-refractivity contribution in [3.05, 3.63) is 56.9 Å². The molecular formula is C23H19ClN2O6. The fraction of sp³-hybridized carbons (Fsp3) is 0.304. The predicted molar refractivity (Wildman–Crippen MR) is 116 cm³/mol. The molecule has 5 rings (SSSR count). The lowest BCUT2D eigenvalue weighted by Gasteiger charge is -2.34. The van der Waals surface area contributed by atoms with Gasteiger partial charge in [-0.25, -0.2) is 14.6 Å². The summed E-state index contributed by atoms with van der Waals surface area (Å²) in [4.78, 5) is 42.5. The highest BCUT2D eigenvalue weighted by Crippen LogP contribution is 2.42. The Morgan fingerprint density at radius 1 is 1.28 bits per heavy atom. The lowest BCUT2D eigenvalue weighted by molar-refractivity contribution is -0.171. The van der Waals surface area contributed by atoms with Gasteiger partial charge in [-0.15, -0.1) is 0 Å². The van der Waals surface area contributed by atoms with E-state index in [9.17, 15) is 19.5 Å². The molecule has 3 aromatic rings. The van der Waals surface area contributed by atoms with Crippen molar-refractivity contribution in [2.75, 3.05) is 0 Å². The first-order valence-electron chi connectivity index (χ1n) is 10.3. The number of nitrogens with zero attached hydrogens (tertiary/aromatic N) is 2. The summed E-state index contributed by atoms with van der Waals surface area (Å²) in [5.74, 6) is -0.622. The van der Waals surface area contributed by atoms with Gasteiger partial charge in [0.05, 0.1) is 29.0 Å². The van der Waals surface area contributed by atoms with Crippen LogP contribution in [-0.4, -0.2) is 26.1 Å². The molecule has 164 valence electrons. The topological polar surface area (TPSA) is 108 Å². The van der Waals surface area contributed by atoms with Crippen LogP contribution in [0.25, 0.3) is 22.3 Å². The molecule has 8 nitrogen and oxygen atoms in total. The highest BCUT2D eigenvalue weighted by Gasteiger charge is 2.50. The quantitative estimate of drug-likeness (QED) is 0.371. The van der Waals surface area contributed by atoms with Crippen molar-refractivity contribution in [2.45, 2.75) is 45.4 Å². The lowest BCUT2D eigenvalue weighted by Crippen LogP contribution is -2.46. The third-order valence-corrected chi connectivity index (χ3v) is 6.44. The van der Waals surface area contributed by atoms with Crippen LogP contribution >= 0.6 is 11.6 Å². The van der Waals surface area contributed by atoms with E-state index in [4.69, 9.17) is 26.1 Å². The number of phenolic OH excluding ortho intramolecular Hbond substituents is 1. The highest BCUT2D eigenvalue weighted by molar-refractivity contribution is 6.61. The fourth-order valence-electron chi connectivity index (χ4n) is 4.85. The zero-order valence-electron chi connectivity index (χ0n) is 17.4. The first-order chi connectivity index (χ1) is 15.3. The van der Waals surface area contributed by atoms with Crippen molar-refractivity contribution in [3.63, 3.8) is 0 Å². The lowest BCUT2D eigenvalue weighted by atomic mass is 9.85. The number of pyridine rings is 2. The van der Waals surface area contributed by atoms with Gasteiger partial charge in [0.1, 0.15) is 12.4 Å². The predicted octanol–water partition coefficient (Wildman–Crippen LogP) is 3.73. The molecule has 1 unspecified atom stereocenters. The fourth-order valence-corrected chi connectivity index (χ4v) is 4.98. The van der Waals surface area contributed by atoms with Crippen LogP contribution in [0.5, 0.6) is 5.75 Å². The molecule has 0 saturated carbocycles. The summed E-state index contributed by atoms with van der Waals surface area (Å²) in [5.41, 5.74) is 0.964. The zero-order valence-corrected chi connectivity index (χ0v) is 18.2. The third kappa shape index (κ3) is 2.69. The zero-order chi connectivity index (χ0) is 22.8. The average Bonchev–Trinajstić information content (AvgIpc) is 3.12. The van der Waals surface area contributed by atoms with Crippen LogP contribution < -0.4 is 5.56 Å². The Morgan fingerprint density at radius 3 is 2.75 bits per heavy atom. The molecule has 2 aliphatic heterocycles. The van der Waals surface area contributed by atoms with Gasteiger partial charge < -0.3 is 19.1 Å². The van der Waals surface area contributed by atoms with E-state index < -0.39 is 17.0 Å². The number of carbonyl (C=O) groups is 2. The number of hydrogen-bond donors (Lipinski definition) is 1. The van der Waals surface area contributed by atoms with Gasteiger partial charge in [0.25, 0.3) is 5.56 Å². The van der Waals surface area contributed by atoms with Crippen molar-refractivity contribution >= 4 is 33.9 Å². The number of fused-ring (bicyclic) bond motifs is 5. The number of aromatic nitrogens is 2. The molecule has 9 heteroatoms. The molecule has 4 heterocycles. The maximum Gasteiger partial charge on any atom is 0.405 e. The summed E-state index contributed by atoms with van der Waals surface area (Å²) < 4.78 is 12.1. The number of aryl methyl sites for hydroxylation is 1. The summed E-state index contributed by atoms with van der Waals surface area (Å²) >= 11 is 5.48. The van der Waals surface area contributed by atoms with Gasteiger partial charge >= 0.3 is 11.4 Å². The Hall–Kier alpha value is -3.39. The molecule has 2 aliphatic rings. The minimum absolute atomic E-state index is 0.0533. The Balaban J connectivity index is 1.82. The summed E-state index contributed by atoms with van der Waals surface area (Å²) in [6, 6.07) is 6.65. The van der Waals surface area contributed by atoms with Gasteiger partial charge in [-0.05, 0) is 42.7 Å². The van der Waals surface area contributed by atoms with E-state index in [2.05, 4.69) is 0 Å². The number of hydrogen-bond acceptors (Lipinski definition) is 7. The number of rotatable bonds is 3. The Morgan fingerprint density at radius 2 is 2.06 bits per heavy atom. The Bertz CT molecular complexity index is 1400. The number of halogens is 1. The summed E-state index contributed by atoms with van der Waals surface area (Å²) in [6.45, 7) is 3.75. The SMILES string of the molecule is CCc1c2c(nc3ccc(O)cc13)-c1cc3c(c(=O)n1C2)COC(=O)C3(CC)OC(=O)Cl. The van der Waals surface area contributed by atoms with E-state index in [-0.39, 0.29) is 35.5 Å². The van der Waals surface area contributed by atoms with E-state index in [0.717, 1.165) is 16.5 Å². The molecule has 0 spiro atoms. The summed E-state index contributed by atoms with van der Waals surface area (Å²) in [5, 5.41) is 10.8. The number of benzene rings is 1. The molecule has 0 aliphatic carbocycles. The molecule has 0 radical (unpaired) electrons. The van der Waals surface area contributed by atoms with Crippen LogP contribution in [0.4, 0.5) is 4.79 Å². The van der Waals surface area contributed by atoms with Crippen molar-refractivity contribution in [3.8, 4) is 17.1 Å². The minimum Gasteiger partial charge on any atom is -0.508 e. The van der Waals surface area contributed by atoms with E-state index in [1.54, 1.807) is 35.8 Å². The van der Waals surface area contributed by atoms with Crippen LogP contribution in [-0.2, 0) is 39.4 Å². The van der Waals surface area contributed by atoms with Crippen LogP contribution in [0.3, 0.4) is 0 Å². The van der Waals surface area contributed by atoms with E-state index in [0.29, 0.717) is 29.9 Å². The van der Waals surface area contributed by atoms with Crippen molar-refractivity contribution < 1.29 is 24.2 Å². The second-order valence-corrected chi connectivity index (χ2v) is 8.19. The standard InChI is InChI=1S/C23H19ClN2O6/c1-3-12-13-7-11(27)5-6-17(13)25-19-14(12)9-26-18(19)8-16-15(20(26)28)10-31-21(29)23(16,4-2)32-22(24)30/h5-8,27H,3-4,9-10H2,1-2H3. The smallest absolute Gasteiger partial charge is 0.405 e. The minimum atomic E-state index is -1.79. The molecule has 1 aromatic carbocycles. The van der Waals surface area contributed by atoms with Gasteiger partial charge in [0, 0.05) is 28.1 Å². The first kappa shape index (κ1) is 20.5. The number of carbonyl (C=O) groups excluding carboxylic acids is 2. The molecule has 0 saturated heterocycles. The highest BCUT2D eigenvalue weighted by atomic mass is 35.5. The van der Waals surface area contributed by atoms with Crippen LogP contribution in [0.1, 0.15) is 42.5 Å². The molecule has 1 atom stereocenters. The number of phenols is 1. The number of esters is 1. The average molecular weight is 455 g/mol. The second kappa shape index (κ2) is 7.06. The normalized spacial score (nSPS) is 18.7. The molecule has 2 aromatic heterocycles. The van der Waals surface area contributed by atoms with Gasteiger partial charge in [-0.1, -0.05) is 13.8 Å². The summed E-state index contributed by atoms with van der Waals surface area (Å²) in [7, 11) is 0. The number of aromatic hydroxyl groups is 1. The van der Waals surface area contributed by atoms with Crippen molar-refractivity contribution in [1.82, 2.24) is 9.55 Å². The van der Waals surface area contributed by atoms with Crippen LogP contribution in [0.15, 0.2) is 29.1 Å². The van der Waals surface area contributed by atoms with Crippen molar-refractivity contribution in [1.29, 1.82) is 0 Å². The van der Waals surface area contributed by atoms with E-state index in [1.807, 2.05) is 6.92 Å². The Kier molecular flexibility index (Phi) is 4.53. The maximum absolute atomic E-state index is 13.4. The molecule has 0 fully saturated rings. The molecule has 0 amide bonds. The Labute approximate surface area is 187 Å². The van der Waals surface area contributed by atoms with Gasteiger partial charge in [0.15, 0.2) is 0 Å². The molecular weight excluding hydrogens is 436 g/mol. The van der Waals surface area contributed by atoms with Gasteiger partial charge in [-0.3, -0.25) is 4.79 Å². The third-order valence-electron chi connectivity index (χ3n) is 6.37. The number of cyclic esters (lactones) is 1. The van der Waals surface area contributed by atoms with E-state index in [1.165, 1.54) is 0 Å². The van der Waals surface area contributed by atoms with Crippen LogP contribution in [0, 0.1) is 0 Å². The summed E-state index contributed by atoms with van der Waals surface area (Å²) in [6.07, 6.45) is 0.731. The van der Waals surface area contributed by atoms with E-state index >= 15 is 0 Å². The van der Waals surface area contributed by atoms with Gasteiger partial charge in [0.2, 0.25) is 5.60 Å². The monoisotopic (exact) mass is 454 g/mol. The van der Waals surface area contributed by atoms with Gasteiger partial charge in [-0.2, -0.15) is 0 Å². The largest absolute Gasteiger partial charge is 0.508 e.